The topological polar surface area (TPSA) is 69.6 Å². The molecule has 1 unspecified atom stereocenters. The summed E-state index contributed by atoms with van der Waals surface area (Å²) in [5.41, 5.74) is 0. The summed E-state index contributed by atoms with van der Waals surface area (Å²) in [6.07, 6.45) is 0. The zero-order chi connectivity index (χ0) is 14.0. The number of rotatable bonds is 4. The van der Waals surface area contributed by atoms with Gasteiger partial charge in [0.15, 0.2) is 0 Å². The van der Waals surface area contributed by atoms with Crippen LogP contribution in [-0.2, 0) is 11.3 Å². The maximum Gasteiger partial charge on any atom is 0.317 e. The first-order valence-corrected chi connectivity index (χ1v) is 7.58. The number of amides is 2. The fraction of sp³-hybridized carbons (Fsp3) is 0.500. The summed E-state index contributed by atoms with van der Waals surface area (Å²) in [4.78, 5) is 25.3. The van der Waals surface area contributed by atoms with E-state index in [0.717, 1.165) is 8.66 Å². The zero-order valence-electron chi connectivity index (χ0n) is 10.4. The first kappa shape index (κ1) is 14.3. The molecule has 1 fully saturated rings. The number of likely N-dealkylation sites (tertiary alicyclic amines) is 1. The van der Waals surface area contributed by atoms with Crippen LogP contribution in [0.3, 0.4) is 0 Å². The maximum absolute atomic E-state index is 11.8. The fourth-order valence-electron chi connectivity index (χ4n) is 1.92. The second kappa shape index (κ2) is 5.92. The maximum atomic E-state index is 11.8. The molecule has 1 atom stereocenters. The van der Waals surface area contributed by atoms with Crippen molar-refractivity contribution in [1.29, 1.82) is 0 Å². The summed E-state index contributed by atoms with van der Waals surface area (Å²) >= 11 is 4.95. The van der Waals surface area contributed by atoms with Crippen molar-refractivity contribution in [3.63, 3.8) is 0 Å². The van der Waals surface area contributed by atoms with Crippen LogP contribution in [0.2, 0.25) is 0 Å². The van der Waals surface area contributed by atoms with Crippen LogP contribution in [0.5, 0.6) is 0 Å². The summed E-state index contributed by atoms with van der Waals surface area (Å²) in [7, 11) is 0. The Bertz CT molecular complexity index is 485. The van der Waals surface area contributed by atoms with E-state index < -0.39 is 11.9 Å². The molecule has 1 aliphatic rings. The molecule has 1 aromatic heterocycles. The molecular weight excluding hydrogens is 332 g/mol. The molecule has 2 heterocycles. The molecule has 7 heteroatoms. The van der Waals surface area contributed by atoms with E-state index in [1.807, 2.05) is 12.1 Å². The molecule has 0 aliphatic carbocycles. The average Bonchev–Trinajstić information content (AvgIpc) is 2.70. The molecule has 5 nitrogen and oxygen atoms in total. The van der Waals surface area contributed by atoms with Gasteiger partial charge < -0.3 is 15.3 Å². The number of nitrogens with one attached hydrogen (secondary N) is 1. The number of carbonyl (C=O) groups excluding carboxylic acids is 1. The number of hydrogen-bond acceptors (Lipinski definition) is 3. The number of aliphatic carboxylic acids is 1. The minimum absolute atomic E-state index is 0.0686. The summed E-state index contributed by atoms with van der Waals surface area (Å²) in [5.74, 6) is -1.12. The Morgan fingerprint density at radius 3 is 2.79 bits per heavy atom. The van der Waals surface area contributed by atoms with E-state index in [0.29, 0.717) is 19.6 Å². The van der Waals surface area contributed by atoms with Crippen LogP contribution >= 0.6 is 27.3 Å². The lowest BCUT2D eigenvalue weighted by molar-refractivity contribution is -0.144. The van der Waals surface area contributed by atoms with E-state index in [9.17, 15) is 9.59 Å². The number of carboxylic acids is 1. The van der Waals surface area contributed by atoms with E-state index >= 15 is 0 Å². The lowest BCUT2D eigenvalue weighted by Crippen LogP contribution is -2.56. The third-order valence-electron chi connectivity index (χ3n) is 3.34. The average molecular weight is 347 g/mol. The predicted octanol–water partition coefficient (Wildman–Crippen LogP) is 2.37. The van der Waals surface area contributed by atoms with Gasteiger partial charge in [0.25, 0.3) is 0 Å². The molecule has 0 saturated carbocycles. The third-order valence-corrected chi connectivity index (χ3v) is 4.96. The summed E-state index contributed by atoms with van der Waals surface area (Å²) < 4.78 is 1.04. The zero-order valence-corrected chi connectivity index (χ0v) is 12.8. The SMILES string of the molecule is CC(C(=O)O)C1CN(C(=O)NCc2ccc(Br)s2)C1. The van der Waals surface area contributed by atoms with Gasteiger partial charge in [-0.05, 0) is 28.1 Å². The van der Waals surface area contributed by atoms with Crippen molar-refractivity contribution >= 4 is 39.3 Å². The lowest BCUT2D eigenvalue weighted by Gasteiger charge is -2.41. The van der Waals surface area contributed by atoms with Crippen molar-refractivity contribution in [3.8, 4) is 0 Å². The van der Waals surface area contributed by atoms with Crippen LogP contribution in [0, 0.1) is 11.8 Å². The first-order chi connectivity index (χ1) is 8.97. The second-order valence-electron chi connectivity index (χ2n) is 4.66. The van der Waals surface area contributed by atoms with Gasteiger partial charge in [-0.15, -0.1) is 11.3 Å². The highest BCUT2D eigenvalue weighted by molar-refractivity contribution is 9.11. The van der Waals surface area contributed by atoms with Gasteiger partial charge in [-0.2, -0.15) is 0 Å². The van der Waals surface area contributed by atoms with Crippen LogP contribution in [0.4, 0.5) is 4.79 Å². The Kier molecular flexibility index (Phi) is 4.46. The summed E-state index contributed by atoms with van der Waals surface area (Å²) in [6.45, 7) is 3.23. The number of carbonyl (C=O) groups is 2. The van der Waals surface area contributed by atoms with Gasteiger partial charge in [0, 0.05) is 23.9 Å². The van der Waals surface area contributed by atoms with Gasteiger partial charge in [-0.25, -0.2) is 4.79 Å². The molecule has 1 aromatic rings. The molecule has 19 heavy (non-hydrogen) atoms. The van der Waals surface area contributed by atoms with Crippen LogP contribution < -0.4 is 5.32 Å². The van der Waals surface area contributed by atoms with Gasteiger partial charge in [-0.3, -0.25) is 4.79 Å². The van der Waals surface area contributed by atoms with Gasteiger partial charge in [0.05, 0.1) is 16.2 Å². The van der Waals surface area contributed by atoms with Crippen molar-refractivity contribution in [3.05, 3.63) is 20.8 Å². The van der Waals surface area contributed by atoms with Crippen molar-refractivity contribution in [2.45, 2.75) is 13.5 Å². The Morgan fingerprint density at radius 1 is 1.58 bits per heavy atom. The Morgan fingerprint density at radius 2 is 2.26 bits per heavy atom. The Balaban J connectivity index is 1.73. The van der Waals surface area contributed by atoms with E-state index in [-0.39, 0.29) is 11.9 Å². The minimum Gasteiger partial charge on any atom is -0.481 e. The molecule has 104 valence electrons. The van der Waals surface area contributed by atoms with E-state index in [1.54, 1.807) is 23.2 Å². The van der Waals surface area contributed by atoms with Gasteiger partial charge in [0.1, 0.15) is 0 Å². The number of carboxylic acid groups (broad SMARTS) is 1. The number of nitrogens with zero attached hydrogens (tertiary/aromatic N) is 1. The smallest absolute Gasteiger partial charge is 0.317 e. The molecule has 1 saturated heterocycles. The van der Waals surface area contributed by atoms with Crippen LogP contribution in [-0.4, -0.2) is 35.1 Å². The number of hydrogen-bond donors (Lipinski definition) is 2. The number of halogens is 1. The van der Waals surface area contributed by atoms with Crippen molar-refractivity contribution in [2.75, 3.05) is 13.1 Å². The van der Waals surface area contributed by atoms with E-state index in [1.165, 1.54) is 0 Å². The summed E-state index contributed by atoms with van der Waals surface area (Å²) in [6, 6.07) is 3.78. The minimum atomic E-state index is -0.798. The molecule has 2 N–H and O–H groups in total. The van der Waals surface area contributed by atoms with Crippen molar-refractivity contribution in [1.82, 2.24) is 10.2 Å². The molecule has 0 radical (unpaired) electrons. The van der Waals surface area contributed by atoms with Crippen LogP contribution in [0.15, 0.2) is 15.9 Å². The molecular formula is C12H15BrN2O3S. The third kappa shape index (κ3) is 3.48. The monoisotopic (exact) mass is 346 g/mol. The standard InChI is InChI=1S/C12H15BrN2O3S/c1-7(11(16)17)8-5-15(6-8)12(18)14-4-9-2-3-10(13)19-9/h2-3,7-8H,4-6H2,1H3,(H,14,18)(H,16,17). The quantitative estimate of drug-likeness (QED) is 0.879. The van der Waals surface area contributed by atoms with Crippen LogP contribution in [0.25, 0.3) is 0 Å². The number of urea groups is 1. The van der Waals surface area contributed by atoms with E-state index in [4.69, 9.17) is 5.11 Å². The molecule has 2 amide bonds. The summed E-state index contributed by atoms with van der Waals surface area (Å²) in [5, 5.41) is 11.7. The highest BCUT2D eigenvalue weighted by atomic mass is 79.9. The van der Waals surface area contributed by atoms with Gasteiger partial charge in [-0.1, -0.05) is 6.92 Å². The fourth-order valence-corrected chi connectivity index (χ4v) is 3.34. The molecule has 0 bridgehead atoms. The largest absolute Gasteiger partial charge is 0.481 e. The molecule has 0 spiro atoms. The van der Waals surface area contributed by atoms with Gasteiger partial charge in [0.2, 0.25) is 0 Å². The predicted molar refractivity (Wildman–Crippen MR) is 76.1 cm³/mol. The normalized spacial score (nSPS) is 16.8. The Labute approximate surface area is 123 Å². The number of thiophene rings is 1. The second-order valence-corrected chi connectivity index (χ2v) is 7.20. The van der Waals surface area contributed by atoms with Crippen molar-refractivity contribution < 1.29 is 14.7 Å². The first-order valence-electron chi connectivity index (χ1n) is 5.97. The highest BCUT2D eigenvalue weighted by Gasteiger charge is 2.37. The lowest BCUT2D eigenvalue weighted by atomic mass is 9.87. The molecule has 1 aliphatic heterocycles. The van der Waals surface area contributed by atoms with Crippen LogP contribution in [0.1, 0.15) is 11.8 Å². The van der Waals surface area contributed by atoms with Crippen molar-refractivity contribution in [2.24, 2.45) is 11.8 Å². The molecule has 0 aromatic carbocycles. The Hall–Kier alpha value is -1.08. The molecule has 2 rings (SSSR count). The van der Waals surface area contributed by atoms with Gasteiger partial charge >= 0.3 is 12.0 Å². The highest BCUT2D eigenvalue weighted by Crippen LogP contribution is 2.24. The van der Waals surface area contributed by atoms with E-state index in [2.05, 4.69) is 21.2 Å².